The first-order valence-corrected chi connectivity index (χ1v) is 5.69. The van der Waals surface area contributed by atoms with Crippen molar-refractivity contribution >= 4 is 5.95 Å². The van der Waals surface area contributed by atoms with Crippen LogP contribution in [-0.4, -0.2) is 14.9 Å². The molecular formula is C10H17N5. The molecule has 2 aliphatic rings. The molecule has 2 aliphatic carbocycles. The molecule has 2 fully saturated rings. The lowest BCUT2D eigenvalue weighted by molar-refractivity contribution is 0.325. The van der Waals surface area contributed by atoms with Crippen LogP contribution < -0.4 is 11.6 Å². The number of rotatable bonds is 2. The van der Waals surface area contributed by atoms with E-state index in [0.717, 1.165) is 30.0 Å². The number of aromatic nitrogens is 3. The quantitative estimate of drug-likeness (QED) is 0.694. The topological polar surface area (TPSA) is 82.8 Å². The summed E-state index contributed by atoms with van der Waals surface area (Å²) >= 11 is 0. The molecule has 5 heteroatoms. The van der Waals surface area contributed by atoms with Gasteiger partial charge < -0.3 is 11.6 Å². The third-order valence-corrected chi connectivity index (χ3v) is 4.12. The second kappa shape index (κ2) is 3.12. The van der Waals surface area contributed by atoms with E-state index in [1.807, 2.05) is 0 Å². The Morgan fingerprint density at radius 2 is 2.13 bits per heavy atom. The summed E-state index contributed by atoms with van der Waals surface area (Å²) in [5.41, 5.74) is 5.56. The fourth-order valence-corrected chi connectivity index (χ4v) is 3.34. The lowest BCUT2D eigenvalue weighted by atomic mass is 9.86. The maximum atomic E-state index is 5.75. The number of fused-ring (bicyclic) bond motifs is 2. The summed E-state index contributed by atoms with van der Waals surface area (Å²) in [5, 5.41) is 7.81. The Labute approximate surface area is 88.8 Å². The highest BCUT2D eigenvalue weighted by atomic mass is 15.4. The van der Waals surface area contributed by atoms with E-state index in [-0.39, 0.29) is 0 Å². The van der Waals surface area contributed by atoms with Crippen LogP contribution in [0.15, 0.2) is 0 Å². The number of hydrogen-bond acceptors (Lipinski definition) is 4. The van der Waals surface area contributed by atoms with Crippen molar-refractivity contribution in [3.05, 3.63) is 5.82 Å². The second-order valence-corrected chi connectivity index (χ2v) is 4.98. The number of anilines is 1. The summed E-state index contributed by atoms with van der Waals surface area (Å²) in [7, 11) is 0. The van der Waals surface area contributed by atoms with Crippen LogP contribution in [0.5, 0.6) is 0 Å². The van der Waals surface area contributed by atoms with Gasteiger partial charge in [-0.15, -0.1) is 10.2 Å². The Kier molecular flexibility index (Phi) is 1.87. The zero-order valence-electron chi connectivity index (χ0n) is 8.76. The third kappa shape index (κ3) is 1.37. The summed E-state index contributed by atoms with van der Waals surface area (Å²) in [4.78, 5) is 0. The molecule has 0 aromatic carbocycles. The molecule has 2 bridgehead atoms. The number of nitrogens with zero attached hydrogens (tertiary/aromatic N) is 3. The highest BCUT2D eigenvalue weighted by molar-refractivity contribution is 5.17. The van der Waals surface area contributed by atoms with Crippen LogP contribution in [0.4, 0.5) is 5.95 Å². The van der Waals surface area contributed by atoms with Crippen molar-refractivity contribution in [3.8, 4) is 0 Å². The normalized spacial score (nSPS) is 33.7. The summed E-state index contributed by atoms with van der Waals surface area (Å²) in [5.74, 6) is 9.52. The minimum Gasteiger partial charge on any atom is -0.366 e. The second-order valence-electron chi connectivity index (χ2n) is 4.98. The van der Waals surface area contributed by atoms with Gasteiger partial charge >= 0.3 is 0 Å². The maximum Gasteiger partial charge on any atom is 0.240 e. The zero-order chi connectivity index (χ0) is 10.4. The third-order valence-electron chi connectivity index (χ3n) is 4.12. The van der Waals surface area contributed by atoms with Gasteiger partial charge in [-0.25, -0.2) is 4.68 Å². The van der Waals surface area contributed by atoms with Gasteiger partial charge in [0, 0.05) is 6.42 Å². The van der Waals surface area contributed by atoms with Crippen molar-refractivity contribution < 1.29 is 0 Å². The molecule has 0 spiro atoms. The number of hydrogen-bond donors (Lipinski definition) is 2. The monoisotopic (exact) mass is 207 g/mol. The van der Waals surface area contributed by atoms with E-state index in [2.05, 4.69) is 10.2 Å². The van der Waals surface area contributed by atoms with Crippen molar-refractivity contribution in [1.29, 1.82) is 0 Å². The molecule has 0 aliphatic heterocycles. The molecule has 0 radical (unpaired) electrons. The molecule has 1 aromatic rings. The van der Waals surface area contributed by atoms with Crippen LogP contribution in [-0.2, 0) is 6.42 Å². The number of nitrogen functional groups attached to an aromatic ring is 2. The minimum atomic E-state index is 0.313. The van der Waals surface area contributed by atoms with Gasteiger partial charge in [0.1, 0.15) is 0 Å². The Hall–Kier alpha value is -1.26. The number of nitrogens with two attached hydrogens (primary N) is 2. The van der Waals surface area contributed by atoms with Crippen LogP contribution in [0.1, 0.15) is 31.5 Å². The van der Waals surface area contributed by atoms with Gasteiger partial charge in [0.25, 0.3) is 0 Å². The van der Waals surface area contributed by atoms with Crippen molar-refractivity contribution in [3.63, 3.8) is 0 Å². The Balaban J connectivity index is 1.73. The molecule has 3 atom stereocenters. The van der Waals surface area contributed by atoms with Gasteiger partial charge in [-0.3, -0.25) is 0 Å². The average Bonchev–Trinajstić information content (AvgIpc) is 2.89. The summed E-state index contributed by atoms with van der Waals surface area (Å²) in [6.45, 7) is 0. The van der Waals surface area contributed by atoms with Crippen LogP contribution in [0, 0.1) is 17.8 Å². The fraction of sp³-hybridized carbons (Fsp3) is 0.800. The summed E-state index contributed by atoms with van der Waals surface area (Å²) in [6, 6.07) is 0. The van der Waals surface area contributed by atoms with E-state index in [4.69, 9.17) is 11.6 Å². The van der Waals surface area contributed by atoms with Crippen molar-refractivity contribution in [1.82, 2.24) is 14.9 Å². The molecule has 1 heterocycles. The Morgan fingerprint density at radius 1 is 1.27 bits per heavy atom. The molecule has 5 nitrogen and oxygen atoms in total. The van der Waals surface area contributed by atoms with E-state index < -0.39 is 0 Å². The van der Waals surface area contributed by atoms with Crippen LogP contribution >= 0.6 is 0 Å². The largest absolute Gasteiger partial charge is 0.366 e. The van der Waals surface area contributed by atoms with E-state index in [0.29, 0.717) is 5.95 Å². The zero-order valence-corrected chi connectivity index (χ0v) is 8.76. The highest BCUT2D eigenvalue weighted by Gasteiger charge is 2.39. The van der Waals surface area contributed by atoms with Crippen molar-refractivity contribution in [2.75, 3.05) is 11.6 Å². The summed E-state index contributed by atoms with van der Waals surface area (Å²) < 4.78 is 1.42. The fourth-order valence-electron chi connectivity index (χ4n) is 3.34. The smallest absolute Gasteiger partial charge is 0.240 e. The summed E-state index contributed by atoms with van der Waals surface area (Å²) in [6.07, 6.45) is 6.53. The minimum absolute atomic E-state index is 0.313. The first-order chi connectivity index (χ1) is 7.24. The lowest BCUT2D eigenvalue weighted by Crippen LogP contribution is -2.20. The molecule has 3 unspecified atom stereocenters. The predicted octanol–water partition coefficient (Wildman–Crippen LogP) is 0.553. The Bertz CT molecular complexity index is 372. The van der Waals surface area contributed by atoms with Gasteiger partial charge in [-0.05, 0) is 37.0 Å². The highest BCUT2D eigenvalue weighted by Crippen LogP contribution is 2.49. The standard InChI is InChI=1S/C10H17N5/c11-10-14-13-9(15(10)12)5-8-4-6-1-2-7(8)3-6/h6-8H,1-5,12H2,(H2,11,14). The van der Waals surface area contributed by atoms with Gasteiger partial charge in [-0.2, -0.15) is 0 Å². The molecule has 4 N–H and O–H groups in total. The molecule has 1 aromatic heterocycles. The lowest BCUT2D eigenvalue weighted by Gasteiger charge is -2.20. The van der Waals surface area contributed by atoms with Crippen LogP contribution in [0.2, 0.25) is 0 Å². The van der Waals surface area contributed by atoms with E-state index >= 15 is 0 Å². The molecule has 0 amide bonds. The molecule has 3 rings (SSSR count). The van der Waals surface area contributed by atoms with Gasteiger partial charge in [0.05, 0.1) is 0 Å². The first kappa shape index (κ1) is 9.00. The van der Waals surface area contributed by atoms with Gasteiger partial charge in [-0.1, -0.05) is 6.42 Å². The van der Waals surface area contributed by atoms with Crippen molar-refractivity contribution in [2.45, 2.75) is 32.1 Å². The van der Waals surface area contributed by atoms with Crippen molar-refractivity contribution in [2.24, 2.45) is 17.8 Å². The van der Waals surface area contributed by atoms with Crippen LogP contribution in [0.25, 0.3) is 0 Å². The molecule has 15 heavy (non-hydrogen) atoms. The van der Waals surface area contributed by atoms with E-state index in [9.17, 15) is 0 Å². The SMILES string of the molecule is Nc1nnc(CC2CC3CCC2C3)n1N. The maximum absolute atomic E-state index is 5.75. The van der Waals surface area contributed by atoms with Gasteiger partial charge in [0.2, 0.25) is 5.95 Å². The predicted molar refractivity (Wildman–Crippen MR) is 57.2 cm³/mol. The molecule has 2 saturated carbocycles. The van der Waals surface area contributed by atoms with Gasteiger partial charge in [0.15, 0.2) is 5.82 Å². The first-order valence-electron chi connectivity index (χ1n) is 5.69. The molecule has 0 saturated heterocycles. The van der Waals surface area contributed by atoms with E-state index in [1.54, 1.807) is 0 Å². The molecule has 82 valence electrons. The van der Waals surface area contributed by atoms with Crippen LogP contribution in [0.3, 0.4) is 0 Å². The Morgan fingerprint density at radius 3 is 2.67 bits per heavy atom. The molecular weight excluding hydrogens is 190 g/mol. The average molecular weight is 207 g/mol. The van der Waals surface area contributed by atoms with E-state index in [1.165, 1.54) is 30.4 Å².